The second-order valence-electron chi connectivity index (χ2n) is 4.16. The van der Waals surface area contributed by atoms with E-state index in [1.54, 1.807) is 13.0 Å². The van der Waals surface area contributed by atoms with Gasteiger partial charge in [-0.25, -0.2) is 0 Å². The van der Waals surface area contributed by atoms with E-state index in [0.29, 0.717) is 0 Å². The van der Waals surface area contributed by atoms with Gasteiger partial charge in [0, 0.05) is 11.3 Å². The van der Waals surface area contributed by atoms with Crippen molar-refractivity contribution in [2.24, 2.45) is 5.41 Å². The first-order valence-corrected chi connectivity index (χ1v) is 5.74. The molecule has 0 unspecified atom stereocenters. The molecule has 88 valence electrons. The van der Waals surface area contributed by atoms with Crippen LogP contribution < -0.4 is 0 Å². The van der Waals surface area contributed by atoms with Gasteiger partial charge >= 0.3 is 0 Å². The van der Waals surface area contributed by atoms with E-state index in [2.05, 4.69) is 0 Å². The second-order valence-corrected chi connectivity index (χ2v) is 4.43. The highest BCUT2D eigenvalue weighted by Crippen LogP contribution is 2.24. The van der Waals surface area contributed by atoms with Crippen LogP contribution in [0.5, 0.6) is 0 Å². The predicted octanol–water partition coefficient (Wildman–Crippen LogP) is 2.30. The standard InChI is InChI=1S/C13H17ClO2/c1-13(9-14,10-15)12(16)8-7-11-5-3-2-4-6-11/h2-8,12,15-16H,9-10H2,1H3/b8-7+/t12-,13+/m0/s1. The molecule has 1 rings (SSSR count). The van der Waals surface area contributed by atoms with E-state index in [1.165, 1.54) is 0 Å². The largest absolute Gasteiger partial charge is 0.396 e. The molecular weight excluding hydrogens is 224 g/mol. The van der Waals surface area contributed by atoms with Crippen LogP contribution in [0.4, 0.5) is 0 Å². The number of alkyl halides is 1. The van der Waals surface area contributed by atoms with Crippen molar-refractivity contribution in [3.63, 3.8) is 0 Å². The molecule has 0 amide bonds. The quantitative estimate of drug-likeness (QED) is 0.776. The summed E-state index contributed by atoms with van der Waals surface area (Å²) in [6.45, 7) is 1.61. The molecule has 0 aromatic heterocycles. The molecule has 0 aliphatic rings. The zero-order valence-electron chi connectivity index (χ0n) is 9.31. The molecule has 0 heterocycles. The molecule has 0 bridgehead atoms. The maximum atomic E-state index is 9.90. The SMILES string of the molecule is C[C@](CO)(CCl)[C@@H](O)/C=C/c1ccccc1. The van der Waals surface area contributed by atoms with Gasteiger partial charge in [-0.2, -0.15) is 0 Å². The Balaban J connectivity index is 2.71. The summed E-state index contributed by atoms with van der Waals surface area (Å²) in [6.07, 6.45) is 2.73. The summed E-state index contributed by atoms with van der Waals surface area (Å²) < 4.78 is 0. The van der Waals surface area contributed by atoms with Crippen molar-refractivity contribution in [1.82, 2.24) is 0 Å². The third kappa shape index (κ3) is 3.34. The molecule has 2 nitrogen and oxygen atoms in total. The molecule has 16 heavy (non-hydrogen) atoms. The van der Waals surface area contributed by atoms with Crippen molar-refractivity contribution in [2.45, 2.75) is 13.0 Å². The van der Waals surface area contributed by atoms with Crippen LogP contribution >= 0.6 is 11.6 Å². The highest BCUT2D eigenvalue weighted by molar-refractivity contribution is 6.18. The Labute approximate surface area is 101 Å². The highest BCUT2D eigenvalue weighted by atomic mass is 35.5. The Kier molecular flexibility index (Phi) is 5.00. The molecule has 0 saturated carbocycles. The van der Waals surface area contributed by atoms with Crippen molar-refractivity contribution in [2.75, 3.05) is 12.5 Å². The minimum Gasteiger partial charge on any atom is -0.396 e. The molecule has 3 heteroatoms. The van der Waals surface area contributed by atoms with Crippen LogP contribution in [0.1, 0.15) is 12.5 Å². The lowest BCUT2D eigenvalue weighted by atomic mass is 9.87. The average molecular weight is 241 g/mol. The molecule has 0 fully saturated rings. The number of rotatable bonds is 5. The molecule has 2 atom stereocenters. The van der Waals surface area contributed by atoms with Gasteiger partial charge < -0.3 is 10.2 Å². The van der Waals surface area contributed by atoms with Crippen LogP contribution in [0.15, 0.2) is 36.4 Å². The average Bonchev–Trinajstić information content (AvgIpc) is 2.36. The van der Waals surface area contributed by atoms with Gasteiger partial charge in [0.05, 0.1) is 12.7 Å². The summed E-state index contributed by atoms with van der Waals surface area (Å²) in [7, 11) is 0. The molecule has 0 aliphatic heterocycles. The van der Waals surface area contributed by atoms with Gasteiger partial charge in [-0.15, -0.1) is 11.6 Å². The summed E-state index contributed by atoms with van der Waals surface area (Å²) >= 11 is 5.73. The first-order valence-electron chi connectivity index (χ1n) is 5.20. The maximum Gasteiger partial charge on any atom is 0.0811 e. The molecular formula is C13H17ClO2. The van der Waals surface area contributed by atoms with Crippen molar-refractivity contribution < 1.29 is 10.2 Å². The van der Waals surface area contributed by atoms with Gasteiger partial charge in [-0.3, -0.25) is 0 Å². The lowest BCUT2D eigenvalue weighted by molar-refractivity contribution is 0.0414. The van der Waals surface area contributed by atoms with Gasteiger partial charge in [0.1, 0.15) is 0 Å². The molecule has 0 aliphatic carbocycles. The Bertz CT molecular complexity index is 331. The van der Waals surface area contributed by atoms with Crippen LogP contribution in [-0.2, 0) is 0 Å². The third-order valence-corrected chi connectivity index (χ3v) is 3.26. The van der Waals surface area contributed by atoms with E-state index in [0.717, 1.165) is 5.56 Å². The number of aliphatic hydroxyl groups excluding tert-OH is 2. The fourth-order valence-electron chi connectivity index (χ4n) is 1.21. The number of benzene rings is 1. The van der Waals surface area contributed by atoms with E-state index in [-0.39, 0.29) is 12.5 Å². The number of aliphatic hydroxyl groups is 2. The first-order chi connectivity index (χ1) is 7.62. The summed E-state index contributed by atoms with van der Waals surface area (Å²) in [6, 6.07) is 9.68. The van der Waals surface area contributed by atoms with Crippen LogP contribution in [-0.4, -0.2) is 28.8 Å². The van der Waals surface area contributed by atoms with E-state index in [9.17, 15) is 10.2 Å². The summed E-state index contributed by atoms with van der Waals surface area (Å²) in [4.78, 5) is 0. The van der Waals surface area contributed by atoms with Crippen molar-refractivity contribution in [3.05, 3.63) is 42.0 Å². The summed E-state index contributed by atoms with van der Waals surface area (Å²) in [5, 5.41) is 19.1. The van der Waals surface area contributed by atoms with E-state index >= 15 is 0 Å². The molecule has 0 radical (unpaired) electrons. The van der Waals surface area contributed by atoms with Crippen molar-refractivity contribution in [3.8, 4) is 0 Å². The van der Waals surface area contributed by atoms with E-state index in [1.807, 2.05) is 36.4 Å². The summed E-state index contributed by atoms with van der Waals surface area (Å²) in [5.74, 6) is 0.212. The smallest absolute Gasteiger partial charge is 0.0811 e. The highest BCUT2D eigenvalue weighted by Gasteiger charge is 2.29. The number of hydrogen-bond donors (Lipinski definition) is 2. The van der Waals surface area contributed by atoms with Gasteiger partial charge in [-0.1, -0.05) is 49.4 Å². The Morgan fingerprint density at radius 1 is 1.38 bits per heavy atom. The Morgan fingerprint density at radius 2 is 2.00 bits per heavy atom. The van der Waals surface area contributed by atoms with Gasteiger partial charge in [-0.05, 0) is 5.56 Å². The van der Waals surface area contributed by atoms with Gasteiger partial charge in [0.15, 0.2) is 0 Å². The zero-order chi connectivity index (χ0) is 12.0. The minimum absolute atomic E-state index is 0.142. The number of halogens is 1. The lowest BCUT2D eigenvalue weighted by Crippen LogP contribution is -2.36. The fraction of sp³-hybridized carbons (Fsp3) is 0.385. The fourth-order valence-corrected chi connectivity index (χ4v) is 1.46. The van der Waals surface area contributed by atoms with Crippen molar-refractivity contribution >= 4 is 17.7 Å². The molecule has 0 spiro atoms. The van der Waals surface area contributed by atoms with Crippen LogP contribution in [0.3, 0.4) is 0 Å². The predicted molar refractivity (Wildman–Crippen MR) is 67.4 cm³/mol. The molecule has 1 aromatic rings. The zero-order valence-corrected chi connectivity index (χ0v) is 10.1. The van der Waals surface area contributed by atoms with E-state index < -0.39 is 11.5 Å². The van der Waals surface area contributed by atoms with Crippen LogP contribution in [0, 0.1) is 5.41 Å². The Hall–Kier alpha value is -0.830. The third-order valence-electron chi connectivity index (χ3n) is 2.65. The number of hydrogen-bond acceptors (Lipinski definition) is 2. The Morgan fingerprint density at radius 3 is 2.50 bits per heavy atom. The molecule has 1 aromatic carbocycles. The first kappa shape index (κ1) is 13.2. The maximum absolute atomic E-state index is 9.90. The molecule has 0 saturated heterocycles. The molecule has 2 N–H and O–H groups in total. The van der Waals surface area contributed by atoms with Gasteiger partial charge in [0.2, 0.25) is 0 Å². The lowest BCUT2D eigenvalue weighted by Gasteiger charge is -2.28. The summed E-state index contributed by atoms with van der Waals surface area (Å²) in [5.41, 5.74) is 0.323. The van der Waals surface area contributed by atoms with Crippen LogP contribution in [0.25, 0.3) is 6.08 Å². The minimum atomic E-state index is -0.754. The van der Waals surface area contributed by atoms with E-state index in [4.69, 9.17) is 11.6 Å². The second kappa shape index (κ2) is 6.04. The normalized spacial score (nSPS) is 17.2. The van der Waals surface area contributed by atoms with Gasteiger partial charge in [0.25, 0.3) is 0 Å². The van der Waals surface area contributed by atoms with Crippen LogP contribution in [0.2, 0.25) is 0 Å². The van der Waals surface area contributed by atoms with Crippen molar-refractivity contribution in [1.29, 1.82) is 0 Å². The monoisotopic (exact) mass is 240 g/mol. The topological polar surface area (TPSA) is 40.5 Å².